The van der Waals surface area contributed by atoms with E-state index in [4.69, 9.17) is 4.74 Å². The summed E-state index contributed by atoms with van der Waals surface area (Å²) in [7, 11) is 1.64. The van der Waals surface area contributed by atoms with Crippen LogP contribution < -0.4 is 10.2 Å². The lowest BCUT2D eigenvalue weighted by Crippen LogP contribution is -2.34. The van der Waals surface area contributed by atoms with Crippen molar-refractivity contribution in [3.8, 4) is 0 Å². The Bertz CT molecular complexity index is 435. The van der Waals surface area contributed by atoms with Gasteiger partial charge in [0.2, 0.25) is 0 Å². The minimum atomic E-state index is -4.19. The van der Waals surface area contributed by atoms with Crippen LogP contribution in [0, 0.1) is 6.92 Å². The Hall–Kier alpha value is -1.27. The van der Waals surface area contributed by atoms with Crippen molar-refractivity contribution < 1.29 is 17.9 Å². The van der Waals surface area contributed by atoms with Crippen LogP contribution in [0.3, 0.4) is 0 Å². The van der Waals surface area contributed by atoms with E-state index in [0.717, 1.165) is 17.7 Å². The van der Waals surface area contributed by atoms with Gasteiger partial charge in [0.25, 0.3) is 0 Å². The normalized spacial score (nSPS) is 11.7. The van der Waals surface area contributed by atoms with Crippen molar-refractivity contribution in [2.24, 2.45) is 0 Å². The van der Waals surface area contributed by atoms with E-state index < -0.39 is 12.7 Å². The molecule has 0 amide bonds. The first-order valence-corrected chi connectivity index (χ1v) is 6.98. The molecule has 0 fully saturated rings. The van der Waals surface area contributed by atoms with Crippen molar-refractivity contribution in [1.82, 2.24) is 5.32 Å². The minimum Gasteiger partial charge on any atom is -0.383 e. The van der Waals surface area contributed by atoms with Gasteiger partial charge in [0.05, 0.1) is 6.61 Å². The summed E-state index contributed by atoms with van der Waals surface area (Å²) < 4.78 is 42.6. The third kappa shape index (κ3) is 6.35. The van der Waals surface area contributed by atoms with Gasteiger partial charge < -0.3 is 15.0 Å². The first-order chi connectivity index (χ1) is 9.87. The molecule has 1 aromatic rings. The highest BCUT2D eigenvalue weighted by Gasteiger charge is 2.30. The van der Waals surface area contributed by atoms with Crippen molar-refractivity contribution in [2.75, 3.05) is 38.3 Å². The Labute approximate surface area is 124 Å². The molecule has 0 saturated carbocycles. The molecule has 0 aliphatic rings. The second kappa shape index (κ2) is 8.24. The lowest BCUT2D eigenvalue weighted by Gasteiger charge is -2.26. The van der Waals surface area contributed by atoms with Gasteiger partial charge in [-0.2, -0.15) is 13.2 Å². The van der Waals surface area contributed by atoms with Gasteiger partial charge >= 0.3 is 6.18 Å². The predicted octanol–water partition coefficient (Wildman–Crippen LogP) is 3.12. The molecule has 1 aromatic carbocycles. The highest BCUT2D eigenvalue weighted by atomic mass is 19.4. The number of nitrogens with zero attached hydrogens (tertiary/aromatic N) is 1. The monoisotopic (exact) mass is 304 g/mol. The molecule has 0 saturated heterocycles. The Morgan fingerprint density at radius 3 is 2.52 bits per heavy atom. The molecule has 120 valence electrons. The summed E-state index contributed by atoms with van der Waals surface area (Å²) in [5, 5.41) is 3.21. The maximum atomic E-state index is 12.6. The molecule has 0 heterocycles. The summed E-state index contributed by atoms with van der Waals surface area (Å²) in [5.41, 5.74) is 2.54. The van der Waals surface area contributed by atoms with E-state index in [1.165, 1.54) is 4.90 Å². The fourth-order valence-electron chi connectivity index (χ4n) is 2.17. The number of halogens is 3. The zero-order valence-corrected chi connectivity index (χ0v) is 12.8. The summed E-state index contributed by atoms with van der Waals surface area (Å²) in [6, 6.07) is 5.55. The third-order valence-electron chi connectivity index (χ3n) is 3.17. The van der Waals surface area contributed by atoms with Crippen LogP contribution in [-0.2, 0) is 11.3 Å². The number of hydrogen-bond donors (Lipinski definition) is 1. The van der Waals surface area contributed by atoms with Crippen molar-refractivity contribution >= 4 is 5.69 Å². The number of methoxy groups -OCH3 is 1. The molecule has 6 heteroatoms. The maximum absolute atomic E-state index is 12.6. The Morgan fingerprint density at radius 2 is 2.00 bits per heavy atom. The van der Waals surface area contributed by atoms with Crippen molar-refractivity contribution in [2.45, 2.75) is 26.6 Å². The van der Waals surface area contributed by atoms with Crippen LogP contribution in [0.2, 0.25) is 0 Å². The molecule has 0 aliphatic carbocycles. The lowest BCUT2D eigenvalue weighted by molar-refractivity contribution is -0.119. The van der Waals surface area contributed by atoms with Gasteiger partial charge in [0.1, 0.15) is 6.54 Å². The summed E-state index contributed by atoms with van der Waals surface area (Å²) in [6.45, 7) is 5.02. The number of nitrogens with one attached hydrogen (secondary N) is 1. The number of hydrogen-bond acceptors (Lipinski definition) is 3. The number of benzene rings is 1. The quantitative estimate of drug-likeness (QED) is 0.747. The van der Waals surface area contributed by atoms with Crippen LogP contribution in [-0.4, -0.2) is 39.5 Å². The summed E-state index contributed by atoms with van der Waals surface area (Å²) in [5.74, 6) is 0. The van der Waals surface area contributed by atoms with E-state index in [0.29, 0.717) is 25.4 Å². The van der Waals surface area contributed by atoms with Crippen LogP contribution in [0.25, 0.3) is 0 Å². The number of rotatable bonds is 8. The molecule has 0 aliphatic heterocycles. The predicted molar refractivity (Wildman–Crippen MR) is 78.7 cm³/mol. The summed E-state index contributed by atoms with van der Waals surface area (Å²) in [6.07, 6.45) is -4.19. The number of alkyl halides is 3. The van der Waals surface area contributed by atoms with E-state index in [2.05, 4.69) is 5.32 Å². The zero-order valence-electron chi connectivity index (χ0n) is 12.8. The molecule has 0 aromatic heterocycles. The Morgan fingerprint density at radius 1 is 1.29 bits per heavy atom. The largest absolute Gasteiger partial charge is 0.405 e. The summed E-state index contributed by atoms with van der Waals surface area (Å²) >= 11 is 0. The smallest absolute Gasteiger partial charge is 0.383 e. The molecule has 0 bridgehead atoms. The average Bonchev–Trinajstić information content (AvgIpc) is 2.40. The summed E-state index contributed by atoms with van der Waals surface area (Å²) in [4.78, 5) is 1.34. The molecule has 0 radical (unpaired) electrons. The maximum Gasteiger partial charge on any atom is 0.405 e. The van der Waals surface area contributed by atoms with Gasteiger partial charge in [-0.15, -0.1) is 0 Å². The molecule has 1 N–H and O–H groups in total. The van der Waals surface area contributed by atoms with E-state index in [9.17, 15) is 13.2 Å². The lowest BCUT2D eigenvalue weighted by atomic mass is 10.1. The van der Waals surface area contributed by atoms with Gasteiger partial charge in [-0.25, -0.2) is 0 Å². The number of aryl methyl sites for hydroxylation is 1. The van der Waals surface area contributed by atoms with E-state index in [1.807, 2.05) is 19.1 Å². The SMILES string of the molecule is CCN(CC(F)(F)F)c1ccc(CNCCOC)cc1C. The number of anilines is 1. The molecule has 21 heavy (non-hydrogen) atoms. The Kier molecular flexibility index (Phi) is 6.98. The zero-order chi connectivity index (χ0) is 15.9. The van der Waals surface area contributed by atoms with Gasteiger partial charge in [0.15, 0.2) is 0 Å². The van der Waals surface area contributed by atoms with Crippen molar-refractivity contribution in [3.05, 3.63) is 29.3 Å². The highest BCUT2D eigenvalue weighted by molar-refractivity contribution is 5.54. The average molecular weight is 304 g/mol. The molecule has 3 nitrogen and oxygen atoms in total. The second-order valence-electron chi connectivity index (χ2n) is 4.92. The van der Waals surface area contributed by atoms with Gasteiger partial charge in [-0.1, -0.05) is 12.1 Å². The molecular formula is C15H23F3N2O. The van der Waals surface area contributed by atoms with Crippen LogP contribution in [0.5, 0.6) is 0 Å². The standard InChI is InChI=1S/C15H23F3N2O/c1-4-20(11-15(16,17)18)14-6-5-13(9-12(14)2)10-19-7-8-21-3/h5-6,9,19H,4,7-8,10-11H2,1-3H3. The number of ether oxygens (including phenoxy) is 1. The van der Waals surface area contributed by atoms with Gasteiger partial charge in [-0.05, 0) is 31.0 Å². The van der Waals surface area contributed by atoms with E-state index >= 15 is 0 Å². The van der Waals surface area contributed by atoms with Crippen molar-refractivity contribution in [1.29, 1.82) is 0 Å². The van der Waals surface area contributed by atoms with Crippen LogP contribution in [0.1, 0.15) is 18.1 Å². The second-order valence-corrected chi connectivity index (χ2v) is 4.92. The third-order valence-corrected chi connectivity index (χ3v) is 3.17. The molecule has 0 spiro atoms. The first-order valence-electron chi connectivity index (χ1n) is 6.98. The van der Waals surface area contributed by atoms with Crippen molar-refractivity contribution in [3.63, 3.8) is 0 Å². The molecule has 0 unspecified atom stereocenters. The van der Waals surface area contributed by atoms with Crippen LogP contribution in [0.4, 0.5) is 18.9 Å². The minimum absolute atomic E-state index is 0.325. The Balaban J connectivity index is 2.72. The van der Waals surface area contributed by atoms with E-state index in [1.54, 1.807) is 20.1 Å². The molecular weight excluding hydrogens is 281 g/mol. The molecule has 1 rings (SSSR count). The van der Waals surface area contributed by atoms with Crippen LogP contribution >= 0.6 is 0 Å². The fourth-order valence-corrected chi connectivity index (χ4v) is 2.17. The van der Waals surface area contributed by atoms with Gasteiger partial charge in [-0.3, -0.25) is 0 Å². The topological polar surface area (TPSA) is 24.5 Å². The fraction of sp³-hybridized carbons (Fsp3) is 0.600. The van der Waals surface area contributed by atoms with E-state index in [-0.39, 0.29) is 0 Å². The van der Waals surface area contributed by atoms with Gasteiger partial charge in [0, 0.05) is 32.4 Å². The highest BCUT2D eigenvalue weighted by Crippen LogP contribution is 2.25. The van der Waals surface area contributed by atoms with Crippen LogP contribution in [0.15, 0.2) is 18.2 Å². The molecule has 0 atom stereocenters. The first kappa shape index (κ1) is 17.8.